The molecular weight excluding hydrogens is 304 g/mol. The van der Waals surface area contributed by atoms with E-state index in [4.69, 9.17) is 18.9 Å². The van der Waals surface area contributed by atoms with E-state index in [1.807, 2.05) is 56.3 Å². The van der Waals surface area contributed by atoms with Crippen molar-refractivity contribution in [3.05, 3.63) is 53.1 Å². The van der Waals surface area contributed by atoms with Crippen LogP contribution in [0, 0.1) is 0 Å². The average molecular weight is 326 g/mol. The molecule has 0 saturated heterocycles. The Bertz CT molecular complexity index is 747. The molecule has 4 heteroatoms. The number of benzene rings is 2. The van der Waals surface area contributed by atoms with E-state index in [0.29, 0.717) is 18.1 Å². The Hall–Kier alpha value is -2.62. The highest BCUT2D eigenvalue weighted by Crippen LogP contribution is 2.41. The third-order valence-electron chi connectivity index (χ3n) is 4.07. The number of methoxy groups -OCH3 is 2. The molecule has 0 bridgehead atoms. The van der Waals surface area contributed by atoms with Crippen molar-refractivity contribution >= 4 is 11.8 Å². The summed E-state index contributed by atoms with van der Waals surface area (Å²) in [5.41, 5.74) is 3.18. The molecule has 0 N–H and O–H groups in total. The lowest BCUT2D eigenvalue weighted by Crippen LogP contribution is -2.08. The van der Waals surface area contributed by atoms with Gasteiger partial charge >= 0.3 is 0 Å². The first-order valence-electron chi connectivity index (χ1n) is 8.03. The first kappa shape index (κ1) is 16.2. The van der Waals surface area contributed by atoms with Crippen molar-refractivity contribution in [1.82, 2.24) is 0 Å². The Labute approximate surface area is 142 Å². The van der Waals surface area contributed by atoms with Gasteiger partial charge in [-0.15, -0.1) is 0 Å². The first-order chi connectivity index (χ1) is 11.7. The molecule has 4 nitrogen and oxygen atoms in total. The molecule has 1 aliphatic rings. The van der Waals surface area contributed by atoms with Gasteiger partial charge in [-0.2, -0.15) is 0 Å². The summed E-state index contributed by atoms with van der Waals surface area (Å²) in [4.78, 5) is 0. The molecule has 0 fully saturated rings. The van der Waals surface area contributed by atoms with E-state index >= 15 is 0 Å². The molecule has 0 saturated carbocycles. The number of hydrogen-bond acceptors (Lipinski definition) is 4. The van der Waals surface area contributed by atoms with Gasteiger partial charge in [-0.25, -0.2) is 0 Å². The molecule has 1 atom stereocenters. The van der Waals surface area contributed by atoms with E-state index in [1.54, 1.807) is 14.2 Å². The third kappa shape index (κ3) is 3.04. The van der Waals surface area contributed by atoms with E-state index in [-0.39, 0.29) is 6.10 Å². The summed E-state index contributed by atoms with van der Waals surface area (Å²) < 4.78 is 22.4. The van der Waals surface area contributed by atoms with E-state index in [2.05, 4.69) is 0 Å². The van der Waals surface area contributed by atoms with Crippen molar-refractivity contribution in [3.63, 3.8) is 0 Å². The SMILES string of the molecule is CCOc1ccc(C2=Cc3cc(OC)c(OC)cc3C(C)O2)cc1. The fourth-order valence-corrected chi connectivity index (χ4v) is 2.85. The van der Waals surface area contributed by atoms with Crippen LogP contribution in [0.25, 0.3) is 11.8 Å². The fraction of sp³-hybridized carbons (Fsp3) is 0.300. The van der Waals surface area contributed by atoms with Crippen LogP contribution in [0.4, 0.5) is 0 Å². The first-order valence-corrected chi connectivity index (χ1v) is 8.03. The van der Waals surface area contributed by atoms with Gasteiger partial charge in [0.1, 0.15) is 17.6 Å². The summed E-state index contributed by atoms with van der Waals surface area (Å²) in [6, 6.07) is 11.9. The molecule has 0 radical (unpaired) electrons. The Kier molecular flexibility index (Phi) is 4.65. The van der Waals surface area contributed by atoms with Gasteiger partial charge in [-0.05, 0) is 61.9 Å². The topological polar surface area (TPSA) is 36.9 Å². The monoisotopic (exact) mass is 326 g/mol. The van der Waals surface area contributed by atoms with Crippen LogP contribution in [0.15, 0.2) is 36.4 Å². The van der Waals surface area contributed by atoms with Gasteiger partial charge in [0.2, 0.25) is 0 Å². The molecule has 3 rings (SSSR count). The summed E-state index contributed by atoms with van der Waals surface area (Å²) in [5, 5.41) is 0. The molecule has 2 aromatic carbocycles. The second-order valence-electron chi connectivity index (χ2n) is 5.56. The number of fused-ring (bicyclic) bond motifs is 1. The maximum absolute atomic E-state index is 6.10. The van der Waals surface area contributed by atoms with E-state index in [9.17, 15) is 0 Å². The second-order valence-corrected chi connectivity index (χ2v) is 5.56. The van der Waals surface area contributed by atoms with E-state index in [0.717, 1.165) is 28.2 Å². The molecule has 0 aliphatic carbocycles. The molecule has 1 unspecified atom stereocenters. The van der Waals surface area contributed by atoms with Gasteiger partial charge in [0.25, 0.3) is 0 Å². The minimum absolute atomic E-state index is 0.0635. The zero-order valence-corrected chi connectivity index (χ0v) is 14.5. The molecule has 126 valence electrons. The lowest BCUT2D eigenvalue weighted by Gasteiger charge is -2.26. The smallest absolute Gasteiger partial charge is 0.161 e. The highest BCUT2D eigenvalue weighted by molar-refractivity contribution is 5.81. The van der Waals surface area contributed by atoms with Crippen LogP contribution < -0.4 is 14.2 Å². The van der Waals surface area contributed by atoms with Crippen LogP contribution in [-0.2, 0) is 4.74 Å². The molecule has 0 aromatic heterocycles. The summed E-state index contributed by atoms with van der Waals surface area (Å²) in [7, 11) is 3.28. The lowest BCUT2D eigenvalue weighted by atomic mass is 9.97. The average Bonchev–Trinajstić information content (AvgIpc) is 2.61. The predicted molar refractivity (Wildman–Crippen MR) is 94.5 cm³/mol. The van der Waals surface area contributed by atoms with E-state index in [1.165, 1.54) is 0 Å². The summed E-state index contributed by atoms with van der Waals surface area (Å²) in [5.74, 6) is 3.13. The largest absolute Gasteiger partial charge is 0.494 e. The van der Waals surface area contributed by atoms with Crippen molar-refractivity contribution in [2.45, 2.75) is 20.0 Å². The molecule has 24 heavy (non-hydrogen) atoms. The standard InChI is InChI=1S/C20H22O4/c1-5-23-16-8-6-14(7-9-16)18-10-15-11-19(21-3)20(22-4)12-17(15)13(2)24-18/h6-13H,5H2,1-4H3. The van der Waals surface area contributed by atoms with Crippen molar-refractivity contribution < 1.29 is 18.9 Å². The normalized spacial score (nSPS) is 15.8. The minimum Gasteiger partial charge on any atom is -0.494 e. The van der Waals surface area contributed by atoms with Crippen LogP contribution in [0.2, 0.25) is 0 Å². The van der Waals surface area contributed by atoms with Crippen molar-refractivity contribution in [3.8, 4) is 17.2 Å². The van der Waals surface area contributed by atoms with Gasteiger partial charge in [0.05, 0.1) is 20.8 Å². The molecule has 1 heterocycles. The molecule has 2 aromatic rings. The van der Waals surface area contributed by atoms with Crippen LogP contribution in [0.3, 0.4) is 0 Å². The van der Waals surface area contributed by atoms with Gasteiger partial charge < -0.3 is 18.9 Å². The lowest BCUT2D eigenvalue weighted by molar-refractivity contribution is 0.185. The quantitative estimate of drug-likeness (QED) is 0.798. The van der Waals surface area contributed by atoms with Gasteiger partial charge in [-0.1, -0.05) is 0 Å². The molecule has 0 spiro atoms. The van der Waals surface area contributed by atoms with Gasteiger partial charge in [0, 0.05) is 11.1 Å². The Morgan fingerprint density at radius 3 is 2.29 bits per heavy atom. The summed E-state index contributed by atoms with van der Waals surface area (Å²) >= 11 is 0. The zero-order chi connectivity index (χ0) is 17.1. The zero-order valence-electron chi connectivity index (χ0n) is 14.5. The van der Waals surface area contributed by atoms with Crippen molar-refractivity contribution in [2.75, 3.05) is 20.8 Å². The highest BCUT2D eigenvalue weighted by atomic mass is 16.5. The molecule has 0 amide bonds. The maximum Gasteiger partial charge on any atom is 0.161 e. The van der Waals surface area contributed by atoms with Crippen molar-refractivity contribution in [2.24, 2.45) is 0 Å². The summed E-state index contributed by atoms with van der Waals surface area (Å²) in [6.45, 7) is 4.66. The molecule has 1 aliphatic heterocycles. The predicted octanol–water partition coefficient (Wildman–Crippen LogP) is 4.69. The number of rotatable bonds is 5. The Balaban J connectivity index is 1.98. The van der Waals surface area contributed by atoms with Gasteiger partial charge in [-0.3, -0.25) is 0 Å². The van der Waals surface area contributed by atoms with Crippen molar-refractivity contribution in [1.29, 1.82) is 0 Å². The van der Waals surface area contributed by atoms with Crippen LogP contribution in [0.5, 0.6) is 17.2 Å². The fourth-order valence-electron chi connectivity index (χ4n) is 2.85. The third-order valence-corrected chi connectivity index (χ3v) is 4.07. The number of ether oxygens (including phenoxy) is 4. The Morgan fingerprint density at radius 1 is 1.00 bits per heavy atom. The van der Waals surface area contributed by atoms with Gasteiger partial charge in [0.15, 0.2) is 11.5 Å². The van der Waals surface area contributed by atoms with Crippen LogP contribution in [-0.4, -0.2) is 20.8 Å². The number of hydrogen-bond donors (Lipinski definition) is 0. The highest BCUT2D eigenvalue weighted by Gasteiger charge is 2.22. The van der Waals surface area contributed by atoms with Crippen LogP contribution >= 0.6 is 0 Å². The van der Waals surface area contributed by atoms with E-state index < -0.39 is 0 Å². The minimum atomic E-state index is -0.0635. The maximum atomic E-state index is 6.10. The molecular formula is C20H22O4. The summed E-state index contributed by atoms with van der Waals surface area (Å²) in [6.07, 6.45) is 1.97. The van der Waals surface area contributed by atoms with Crippen LogP contribution in [0.1, 0.15) is 36.6 Å². The Morgan fingerprint density at radius 2 is 1.67 bits per heavy atom. The second kappa shape index (κ2) is 6.87.